The molecule has 1 heterocycles. The first-order valence-electron chi connectivity index (χ1n) is 8.51. The number of rotatable bonds is 5. The molecule has 0 N–H and O–H groups in total. The summed E-state index contributed by atoms with van der Waals surface area (Å²) in [7, 11) is 0. The molecule has 26 heavy (non-hydrogen) atoms. The van der Waals surface area contributed by atoms with Gasteiger partial charge in [0, 0.05) is 16.1 Å². The molecule has 0 aliphatic heterocycles. The molecule has 0 spiro atoms. The SMILES string of the molecule is Clc1ccc(-c2noc(-c3ccccc3CCc3ccccc3)n2)cc1. The molecule has 0 aliphatic carbocycles. The second-order valence-corrected chi connectivity index (χ2v) is 6.51. The summed E-state index contributed by atoms with van der Waals surface area (Å²) < 4.78 is 5.53. The number of hydrogen-bond acceptors (Lipinski definition) is 3. The standard InChI is InChI=1S/C22H17ClN2O/c23-19-14-12-18(13-15-19)21-24-22(26-25-21)20-9-5-4-8-17(20)11-10-16-6-2-1-3-7-16/h1-9,12-15H,10-11H2. The van der Waals surface area contributed by atoms with Crippen LogP contribution in [-0.4, -0.2) is 10.1 Å². The van der Waals surface area contributed by atoms with Gasteiger partial charge in [-0.2, -0.15) is 4.98 Å². The van der Waals surface area contributed by atoms with E-state index in [1.165, 1.54) is 11.1 Å². The van der Waals surface area contributed by atoms with Gasteiger partial charge in [0.2, 0.25) is 5.82 Å². The Morgan fingerprint density at radius 2 is 1.50 bits per heavy atom. The summed E-state index contributed by atoms with van der Waals surface area (Å²) in [6.45, 7) is 0. The monoisotopic (exact) mass is 360 g/mol. The van der Waals surface area contributed by atoms with E-state index in [0.29, 0.717) is 16.7 Å². The minimum Gasteiger partial charge on any atom is -0.334 e. The van der Waals surface area contributed by atoms with Crippen molar-refractivity contribution >= 4 is 11.6 Å². The molecule has 3 nitrogen and oxygen atoms in total. The van der Waals surface area contributed by atoms with Gasteiger partial charge >= 0.3 is 0 Å². The van der Waals surface area contributed by atoms with Gasteiger partial charge in [-0.15, -0.1) is 0 Å². The van der Waals surface area contributed by atoms with Crippen LogP contribution in [0.4, 0.5) is 0 Å². The van der Waals surface area contributed by atoms with Crippen molar-refractivity contribution in [3.8, 4) is 22.8 Å². The summed E-state index contributed by atoms with van der Waals surface area (Å²) >= 11 is 5.94. The van der Waals surface area contributed by atoms with Crippen molar-refractivity contribution in [3.63, 3.8) is 0 Å². The Balaban J connectivity index is 1.59. The second kappa shape index (κ2) is 7.54. The van der Waals surface area contributed by atoms with Crippen LogP contribution in [0.15, 0.2) is 83.4 Å². The fourth-order valence-electron chi connectivity index (χ4n) is 2.92. The van der Waals surface area contributed by atoms with Crippen LogP contribution in [0.25, 0.3) is 22.8 Å². The smallest absolute Gasteiger partial charge is 0.258 e. The van der Waals surface area contributed by atoms with Gasteiger partial charge in [-0.1, -0.05) is 65.3 Å². The van der Waals surface area contributed by atoms with Crippen molar-refractivity contribution in [2.24, 2.45) is 0 Å². The summed E-state index contributed by atoms with van der Waals surface area (Å²) in [5, 5.41) is 4.81. The highest BCUT2D eigenvalue weighted by molar-refractivity contribution is 6.30. The van der Waals surface area contributed by atoms with Gasteiger partial charge in [-0.25, -0.2) is 0 Å². The van der Waals surface area contributed by atoms with Gasteiger partial charge < -0.3 is 4.52 Å². The number of halogens is 1. The summed E-state index contributed by atoms with van der Waals surface area (Å²) in [5.74, 6) is 1.10. The Labute approximate surface area is 157 Å². The fourth-order valence-corrected chi connectivity index (χ4v) is 3.05. The van der Waals surface area contributed by atoms with Crippen LogP contribution >= 0.6 is 11.6 Å². The van der Waals surface area contributed by atoms with Gasteiger partial charge in [0.05, 0.1) is 0 Å². The fraction of sp³-hybridized carbons (Fsp3) is 0.0909. The molecule has 3 aromatic carbocycles. The van der Waals surface area contributed by atoms with Crippen LogP contribution in [0.3, 0.4) is 0 Å². The van der Waals surface area contributed by atoms with E-state index in [0.717, 1.165) is 24.0 Å². The van der Waals surface area contributed by atoms with Crippen LogP contribution < -0.4 is 0 Å². The molecular formula is C22H17ClN2O. The zero-order valence-corrected chi connectivity index (χ0v) is 14.9. The van der Waals surface area contributed by atoms with Crippen molar-refractivity contribution < 1.29 is 4.52 Å². The van der Waals surface area contributed by atoms with Crippen LogP contribution in [0.2, 0.25) is 5.02 Å². The van der Waals surface area contributed by atoms with Crippen molar-refractivity contribution in [2.45, 2.75) is 12.8 Å². The molecule has 0 saturated carbocycles. The third-order valence-corrected chi connectivity index (χ3v) is 4.55. The predicted molar refractivity (Wildman–Crippen MR) is 104 cm³/mol. The molecular weight excluding hydrogens is 344 g/mol. The lowest BCUT2D eigenvalue weighted by Crippen LogP contribution is -1.94. The molecule has 0 saturated heterocycles. The van der Waals surface area contributed by atoms with E-state index in [1.807, 2.05) is 48.5 Å². The highest BCUT2D eigenvalue weighted by Gasteiger charge is 2.13. The lowest BCUT2D eigenvalue weighted by Gasteiger charge is -2.06. The molecule has 4 heteroatoms. The molecule has 4 aromatic rings. The summed E-state index contributed by atoms with van der Waals surface area (Å²) in [5.41, 5.74) is 4.37. The predicted octanol–water partition coefficient (Wildman–Crippen LogP) is 5.84. The molecule has 4 rings (SSSR count). The van der Waals surface area contributed by atoms with Crippen molar-refractivity contribution in [3.05, 3.63) is 95.0 Å². The molecule has 128 valence electrons. The highest BCUT2D eigenvalue weighted by Crippen LogP contribution is 2.26. The Bertz CT molecular complexity index is 994. The van der Waals surface area contributed by atoms with E-state index < -0.39 is 0 Å². The maximum absolute atomic E-state index is 5.94. The minimum atomic E-state index is 0.540. The van der Waals surface area contributed by atoms with Crippen molar-refractivity contribution in [1.82, 2.24) is 10.1 Å². The number of aromatic nitrogens is 2. The lowest BCUT2D eigenvalue weighted by molar-refractivity contribution is 0.432. The van der Waals surface area contributed by atoms with Crippen LogP contribution in [-0.2, 0) is 12.8 Å². The quantitative estimate of drug-likeness (QED) is 0.448. The maximum atomic E-state index is 5.94. The van der Waals surface area contributed by atoms with Gasteiger partial charge in [0.25, 0.3) is 5.89 Å². The van der Waals surface area contributed by atoms with Gasteiger partial charge in [0.15, 0.2) is 0 Å². The molecule has 0 aliphatic rings. The van der Waals surface area contributed by atoms with E-state index in [4.69, 9.17) is 16.1 Å². The lowest BCUT2D eigenvalue weighted by atomic mass is 10.00. The van der Waals surface area contributed by atoms with E-state index in [1.54, 1.807) is 0 Å². The molecule has 0 radical (unpaired) electrons. The number of benzene rings is 3. The first-order valence-corrected chi connectivity index (χ1v) is 8.89. The largest absolute Gasteiger partial charge is 0.334 e. The van der Waals surface area contributed by atoms with Crippen LogP contribution in [0.1, 0.15) is 11.1 Å². The van der Waals surface area contributed by atoms with E-state index in [9.17, 15) is 0 Å². The average molecular weight is 361 g/mol. The van der Waals surface area contributed by atoms with Crippen LogP contribution in [0.5, 0.6) is 0 Å². The molecule has 0 bridgehead atoms. The second-order valence-electron chi connectivity index (χ2n) is 6.07. The first kappa shape index (κ1) is 16.6. The number of hydrogen-bond donors (Lipinski definition) is 0. The molecule has 0 atom stereocenters. The summed E-state index contributed by atoms with van der Waals surface area (Å²) in [6.07, 6.45) is 1.88. The Morgan fingerprint density at radius 3 is 2.31 bits per heavy atom. The Morgan fingerprint density at radius 1 is 0.769 bits per heavy atom. The van der Waals surface area contributed by atoms with E-state index in [-0.39, 0.29) is 0 Å². The topological polar surface area (TPSA) is 38.9 Å². The maximum Gasteiger partial charge on any atom is 0.258 e. The zero-order chi connectivity index (χ0) is 17.8. The third-order valence-electron chi connectivity index (χ3n) is 4.30. The molecule has 0 fully saturated rings. The van der Waals surface area contributed by atoms with E-state index >= 15 is 0 Å². The molecule has 0 unspecified atom stereocenters. The van der Waals surface area contributed by atoms with Gasteiger partial charge in [-0.3, -0.25) is 0 Å². The van der Waals surface area contributed by atoms with Crippen molar-refractivity contribution in [2.75, 3.05) is 0 Å². The van der Waals surface area contributed by atoms with Crippen molar-refractivity contribution in [1.29, 1.82) is 0 Å². The third kappa shape index (κ3) is 3.68. The van der Waals surface area contributed by atoms with E-state index in [2.05, 4.69) is 40.5 Å². The number of aryl methyl sites for hydroxylation is 2. The average Bonchev–Trinajstić information content (AvgIpc) is 3.18. The first-order chi connectivity index (χ1) is 12.8. The van der Waals surface area contributed by atoms with Gasteiger partial charge in [0.1, 0.15) is 0 Å². The normalized spacial score (nSPS) is 10.8. The summed E-state index contributed by atoms with van der Waals surface area (Å²) in [4.78, 5) is 4.58. The highest BCUT2D eigenvalue weighted by atomic mass is 35.5. The minimum absolute atomic E-state index is 0.540. The van der Waals surface area contributed by atoms with Crippen LogP contribution in [0, 0.1) is 0 Å². The molecule has 0 amide bonds. The Kier molecular flexibility index (Phi) is 4.80. The number of nitrogens with zero attached hydrogens (tertiary/aromatic N) is 2. The zero-order valence-electron chi connectivity index (χ0n) is 14.1. The Hall–Kier alpha value is -2.91. The van der Waals surface area contributed by atoms with Gasteiger partial charge in [-0.05, 0) is 54.3 Å². The summed E-state index contributed by atoms with van der Waals surface area (Å²) in [6, 6.07) is 26.1. The molecule has 1 aromatic heterocycles.